The Morgan fingerprint density at radius 1 is 0.939 bits per heavy atom. The molecule has 7 nitrogen and oxygen atoms in total. The minimum Gasteiger partial charge on any atom is -0.444 e. The van der Waals surface area contributed by atoms with Crippen molar-refractivity contribution < 1.29 is 27.5 Å². The highest BCUT2D eigenvalue weighted by molar-refractivity contribution is 6.09. The summed E-state index contributed by atoms with van der Waals surface area (Å²) in [4.78, 5) is 29.0. The van der Waals surface area contributed by atoms with E-state index in [1.54, 1.807) is 49.9 Å². The molecule has 33 heavy (non-hydrogen) atoms. The number of carbonyl (C=O) groups is 2. The highest BCUT2D eigenvalue weighted by Gasteiger charge is 2.31. The molecule has 3 rings (SSSR count). The number of rotatable bonds is 3. The van der Waals surface area contributed by atoms with Gasteiger partial charge < -0.3 is 14.5 Å². The zero-order valence-electron chi connectivity index (χ0n) is 18.7. The number of piperazine rings is 1. The molecule has 2 aromatic rings. The summed E-state index contributed by atoms with van der Waals surface area (Å²) < 4.78 is 43.8. The van der Waals surface area contributed by atoms with Gasteiger partial charge in [-0.1, -0.05) is 12.1 Å². The first-order chi connectivity index (χ1) is 15.4. The monoisotopic (exact) mass is 464 g/mol. The summed E-state index contributed by atoms with van der Waals surface area (Å²) in [6, 6.07) is 10.9. The Balaban J connectivity index is 1.73. The third kappa shape index (κ3) is 5.95. The Morgan fingerprint density at radius 3 is 2.06 bits per heavy atom. The summed E-state index contributed by atoms with van der Waals surface area (Å²) in [5.41, 5.74) is -0.330. The summed E-state index contributed by atoms with van der Waals surface area (Å²) in [6.07, 6.45) is -4.86. The number of nitrogens with two attached hydrogens (primary N) is 1. The van der Waals surface area contributed by atoms with Gasteiger partial charge in [-0.25, -0.2) is 15.6 Å². The molecule has 178 valence electrons. The molecule has 2 N–H and O–H groups in total. The highest BCUT2D eigenvalue weighted by Crippen LogP contribution is 2.31. The van der Waals surface area contributed by atoms with Gasteiger partial charge >= 0.3 is 12.3 Å². The molecule has 0 aliphatic carbocycles. The SMILES string of the molecule is CC(C)(C)OC(=O)N1CCN(c2ccccc2C(=O)N(N)c2ccc(C(F)(F)F)cc2)CC1. The van der Waals surface area contributed by atoms with Crippen LogP contribution in [0.4, 0.5) is 29.3 Å². The molecule has 1 aliphatic heterocycles. The number of ether oxygens (including phenoxy) is 1. The van der Waals surface area contributed by atoms with E-state index in [0.29, 0.717) is 37.4 Å². The lowest BCUT2D eigenvalue weighted by Crippen LogP contribution is -2.50. The van der Waals surface area contributed by atoms with Crippen LogP contribution in [-0.2, 0) is 10.9 Å². The molecule has 0 atom stereocenters. The van der Waals surface area contributed by atoms with E-state index >= 15 is 0 Å². The van der Waals surface area contributed by atoms with Gasteiger partial charge in [-0.2, -0.15) is 13.2 Å². The summed E-state index contributed by atoms with van der Waals surface area (Å²) in [6.45, 7) is 7.21. The van der Waals surface area contributed by atoms with Crippen molar-refractivity contribution in [2.24, 2.45) is 5.84 Å². The fourth-order valence-electron chi connectivity index (χ4n) is 3.44. The maximum atomic E-state index is 13.1. The molecule has 1 saturated heterocycles. The number of hydrogen-bond acceptors (Lipinski definition) is 5. The molecule has 2 aromatic carbocycles. The van der Waals surface area contributed by atoms with Gasteiger partial charge in [0.1, 0.15) is 5.60 Å². The molecular formula is C23H27F3N4O3. The van der Waals surface area contributed by atoms with E-state index in [1.807, 2.05) is 4.90 Å². The second-order valence-electron chi connectivity index (χ2n) is 8.69. The molecule has 1 heterocycles. The number of alkyl halides is 3. The van der Waals surface area contributed by atoms with Crippen molar-refractivity contribution in [3.8, 4) is 0 Å². The van der Waals surface area contributed by atoms with Crippen molar-refractivity contribution in [2.45, 2.75) is 32.5 Å². The predicted octanol–water partition coefficient (Wildman–Crippen LogP) is 4.28. The van der Waals surface area contributed by atoms with Crippen molar-refractivity contribution in [2.75, 3.05) is 36.1 Å². The molecule has 0 spiro atoms. The van der Waals surface area contributed by atoms with E-state index < -0.39 is 23.2 Å². The Bertz CT molecular complexity index is 995. The van der Waals surface area contributed by atoms with Gasteiger partial charge in [0.05, 0.1) is 16.8 Å². The summed E-state index contributed by atoms with van der Waals surface area (Å²) in [5, 5.41) is 0.829. The van der Waals surface area contributed by atoms with Crippen LogP contribution in [0.5, 0.6) is 0 Å². The van der Waals surface area contributed by atoms with E-state index in [2.05, 4.69) is 0 Å². The minimum atomic E-state index is -4.48. The van der Waals surface area contributed by atoms with Gasteiger partial charge in [0.15, 0.2) is 0 Å². The van der Waals surface area contributed by atoms with Gasteiger partial charge in [-0.3, -0.25) is 4.79 Å². The average molecular weight is 464 g/mol. The zero-order chi connectivity index (χ0) is 24.4. The number of benzene rings is 2. The Hall–Kier alpha value is -3.27. The van der Waals surface area contributed by atoms with Gasteiger partial charge in [-0.05, 0) is 57.2 Å². The van der Waals surface area contributed by atoms with E-state index in [9.17, 15) is 22.8 Å². The lowest BCUT2D eigenvalue weighted by Gasteiger charge is -2.37. The number of hydrazine groups is 1. The molecule has 0 aromatic heterocycles. The van der Waals surface area contributed by atoms with Crippen molar-refractivity contribution >= 4 is 23.4 Å². The summed E-state index contributed by atoms with van der Waals surface area (Å²) in [5.74, 6) is 5.41. The van der Waals surface area contributed by atoms with Gasteiger partial charge in [-0.15, -0.1) is 0 Å². The average Bonchev–Trinajstić information content (AvgIpc) is 2.76. The van der Waals surface area contributed by atoms with E-state index in [1.165, 1.54) is 0 Å². The maximum Gasteiger partial charge on any atom is 0.416 e. The second kappa shape index (κ2) is 9.30. The Morgan fingerprint density at radius 2 is 1.52 bits per heavy atom. The van der Waals surface area contributed by atoms with Gasteiger partial charge in [0.2, 0.25) is 0 Å². The summed E-state index contributed by atoms with van der Waals surface area (Å²) >= 11 is 0. The van der Waals surface area contributed by atoms with E-state index in [-0.39, 0.29) is 11.8 Å². The van der Waals surface area contributed by atoms with Crippen LogP contribution < -0.4 is 15.8 Å². The number of carbonyl (C=O) groups excluding carboxylic acids is 2. The molecule has 2 amide bonds. The quantitative estimate of drug-likeness (QED) is 0.417. The first kappa shape index (κ1) is 24.4. The third-order valence-electron chi connectivity index (χ3n) is 5.10. The van der Waals surface area contributed by atoms with Crippen LogP contribution in [0.2, 0.25) is 0 Å². The number of amides is 2. The fraction of sp³-hybridized carbons (Fsp3) is 0.391. The molecule has 0 unspecified atom stereocenters. The zero-order valence-corrected chi connectivity index (χ0v) is 18.7. The van der Waals surface area contributed by atoms with Crippen molar-refractivity contribution in [1.29, 1.82) is 0 Å². The van der Waals surface area contributed by atoms with Crippen LogP contribution >= 0.6 is 0 Å². The predicted molar refractivity (Wildman–Crippen MR) is 119 cm³/mol. The number of para-hydroxylation sites is 1. The van der Waals surface area contributed by atoms with Crippen molar-refractivity contribution in [1.82, 2.24) is 4.90 Å². The standard InChI is InChI=1S/C23H27F3N4O3/c1-22(2,3)33-21(32)29-14-12-28(13-15-29)19-7-5-4-6-18(19)20(31)30(27)17-10-8-16(9-11-17)23(24,25)26/h4-11H,12-15,27H2,1-3H3. The molecule has 1 fully saturated rings. The maximum absolute atomic E-state index is 13.1. The third-order valence-corrected chi connectivity index (χ3v) is 5.10. The van der Waals surface area contributed by atoms with E-state index in [4.69, 9.17) is 10.6 Å². The van der Waals surface area contributed by atoms with Crippen LogP contribution in [0.1, 0.15) is 36.7 Å². The van der Waals surface area contributed by atoms with Crippen LogP contribution in [0.15, 0.2) is 48.5 Å². The molecular weight excluding hydrogens is 437 g/mol. The number of nitrogens with zero attached hydrogens (tertiary/aromatic N) is 3. The smallest absolute Gasteiger partial charge is 0.416 e. The molecule has 10 heteroatoms. The number of halogens is 3. The first-order valence-electron chi connectivity index (χ1n) is 10.4. The Labute approximate surface area is 190 Å². The topological polar surface area (TPSA) is 79.1 Å². The van der Waals surface area contributed by atoms with Crippen LogP contribution in [0.3, 0.4) is 0 Å². The molecule has 0 bridgehead atoms. The fourth-order valence-corrected chi connectivity index (χ4v) is 3.44. The largest absolute Gasteiger partial charge is 0.444 e. The molecule has 0 saturated carbocycles. The van der Waals surface area contributed by atoms with Crippen molar-refractivity contribution in [3.63, 3.8) is 0 Å². The number of anilines is 2. The van der Waals surface area contributed by atoms with Gasteiger partial charge in [0.25, 0.3) is 5.91 Å². The van der Waals surface area contributed by atoms with Crippen LogP contribution in [0, 0.1) is 0 Å². The lowest BCUT2D eigenvalue weighted by molar-refractivity contribution is -0.137. The second-order valence-corrected chi connectivity index (χ2v) is 8.69. The normalized spacial score (nSPS) is 14.8. The first-order valence-corrected chi connectivity index (χ1v) is 10.4. The van der Waals surface area contributed by atoms with Crippen LogP contribution in [0.25, 0.3) is 0 Å². The van der Waals surface area contributed by atoms with Gasteiger partial charge in [0, 0.05) is 31.9 Å². The highest BCUT2D eigenvalue weighted by atomic mass is 19.4. The lowest BCUT2D eigenvalue weighted by atomic mass is 10.1. The van der Waals surface area contributed by atoms with Crippen LogP contribution in [-0.4, -0.2) is 48.7 Å². The molecule has 0 radical (unpaired) electrons. The van der Waals surface area contributed by atoms with Crippen molar-refractivity contribution in [3.05, 3.63) is 59.7 Å². The minimum absolute atomic E-state index is 0.137. The molecule has 1 aliphatic rings. The summed E-state index contributed by atoms with van der Waals surface area (Å²) in [7, 11) is 0. The van der Waals surface area contributed by atoms with E-state index in [0.717, 1.165) is 29.3 Å². The number of hydrogen-bond donors (Lipinski definition) is 1. The Kier molecular flexibility index (Phi) is 6.87.